The predicted octanol–water partition coefficient (Wildman–Crippen LogP) is 1.64. The smallest absolute Gasteiger partial charge is 0.315 e. The minimum Gasteiger partial charge on any atom is -0.377 e. The van der Waals surface area contributed by atoms with E-state index < -0.39 is 78.1 Å². The quantitative estimate of drug-likeness (QED) is 0.0303. The molecule has 0 radical (unpaired) electrons. The molecule has 2 fully saturated rings. The molecule has 0 spiro atoms. The zero-order valence-electron chi connectivity index (χ0n) is 48.1. The lowest BCUT2D eigenvalue weighted by Crippen LogP contribution is -2.60. The number of nitrogens with two attached hydrogens (primary N) is 1. The molecule has 9 rings (SSSR count). The first-order chi connectivity index (χ1) is 42.2. The molecule has 9 amide bonds. The van der Waals surface area contributed by atoms with Gasteiger partial charge in [-0.15, -0.1) is 5.10 Å². The zero-order chi connectivity index (χ0) is 61.1. The van der Waals surface area contributed by atoms with Gasteiger partial charge < -0.3 is 72.4 Å². The van der Waals surface area contributed by atoms with Gasteiger partial charge in [-0.05, 0) is 73.1 Å². The highest BCUT2D eigenvalue weighted by Crippen LogP contribution is 2.33. The topological polar surface area (TPSA) is 349 Å². The van der Waals surface area contributed by atoms with Gasteiger partial charge in [-0.1, -0.05) is 60.2 Å². The number of unbranched alkanes of at least 4 members (excludes halogenated alkanes) is 1. The number of hydrogen-bond acceptors (Lipinski definition) is 14. The van der Waals surface area contributed by atoms with Crippen LogP contribution < -0.4 is 48.3 Å². The normalized spacial score (nSPS) is 22.2. The van der Waals surface area contributed by atoms with Gasteiger partial charge >= 0.3 is 6.03 Å². The van der Waals surface area contributed by atoms with Crippen LogP contribution in [0.4, 0.5) is 9.18 Å². The number of rotatable bonds is 24. The number of aryl methyl sites for hydroxylation is 1. The Morgan fingerprint density at radius 1 is 0.690 bits per heavy atom. The highest BCUT2D eigenvalue weighted by Gasteiger charge is 2.42. The minimum atomic E-state index is -1.39. The summed E-state index contributed by atoms with van der Waals surface area (Å²) in [4.78, 5) is 116. The van der Waals surface area contributed by atoms with E-state index in [0.717, 1.165) is 46.8 Å². The Morgan fingerprint density at radius 2 is 1.31 bits per heavy atom. The zero-order valence-corrected chi connectivity index (χ0v) is 48.9. The molecule has 0 aliphatic carbocycles. The summed E-state index contributed by atoms with van der Waals surface area (Å²) >= 11 is 1.86. The number of benzene rings is 3. The Labute approximate surface area is 505 Å². The van der Waals surface area contributed by atoms with E-state index >= 15 is 4.79 Å². The largest absolute Gasteiger partial charge is 0.377 e. The fourth-order valence-corrected chi connectivity index (χ4v) is 12.5. The van der Waals surface area contributed by atoms with Gasteiger partial charge in [0.15, 0.2) is 0 Å². The number of aromatic amines is 2. The summed E-state index contributed by atoms with van der Waals surface area (Å²) in [6.07, 6.45) is 8.55. The number of hydrogen-bond donors (Lipinski definition) is 11. The summed E-state index contributed by atoms with van der Waals surface area (Å²) in [5.41, 5.74) is 9.46. The molecule has 3 aromatic carbocycles. The van der Waals surface area contributed by atoms with E-state index in [0.29, 0.717) is 66.6 Å². The molecule has 6 heterocycles. The third-order valence-corrected chi connectivity index (χ3v) is 17.0. The third-order valence-electron chi connectivity index (χ3n) is 15.5. The van der Waals surface area contributed by atoms with Crippen LogP contribution in [0.3, 0.4) is 0 Å². The maximum absolute atomic E-state index is 15.1. The van der Waals surface area contributed by atoms with Gasteiger partial charge in [0, 0.05) is 96.6 Å². The van der Waals surface area contributed by atoms with Crippen molar-refractivity contribution >= 4 is 80.9 Å². The Balaban J connectivity index is 0.844. The molecule has 8 atom stereocenters. The Hall–Kier alpha value is -8.40. The lowest BCUT2D eigenvalue weighted by molar-refractivity contribution is -0.135. The van der Waals surface area contributed by atoms with Crippen molar-refractivity contribution in [1.82, 2.24) is 67.5 Å². The van der Waals surface area contributed by atoms with Crippen LogP contribution in [0.25, 0.3) is 21.8 Å². The van der Waals surface area contributed by atoms with Crippen molar-refractivity contribution < 1.29 is 57.0 Å². The fourth-order valence-electron chi connectivity index (χ4n) is 10.9. The molecule has 2 bridgehead atoms. The number of nitrogens with one attached hydrogen (secondary N) is 10. The van der Waals surface area contributed by atoms with Gasteiger partial charge in [0.1, 0.15) is 42.6 Å². The van der Waals surface area contributed by atoms with Gasteiger partial charge in [0.2, 0.25) is 41.4 Å². The van der Waals surface area contributed by atoms with Gasteiger partial charge in [0.05, 0.1) is 50.8 Å². The van der Waals surface area contributed by atoms with Crippen molar-refractivity contribution in [3.8, 4) is 0 Å². The number of amides is 9. The van der Waals surface area contributed by atoms with Gasteiger partial charge in [-0.3, -0.25) is 38.2 Å². The van der Waals surface area contributed by atoms with Gasteiger partial charge in [0.25, 0.3) is 0 Å². The third kappa shape index (κ3) is 18.3. The molecule has 2 saturated heterocycles. The number of urea groups is 1. The van der Waals surface area contributed by atoms with Crippen molar-refractivity contribution in [3.05, 3.63) is 120 Å². The highest BCUT2D eigenvalue weighted by atomic mass is 32.2. The molecule has 3 aliphatic rings. The number of fused-ring (bicyclic) bond motifs is 5. The van der Waals surface area contributed by atoms with Crippen LogP contribution in [0.1, 0.15) is 67.3 Å². The summed E-state index contributed by atoms with van der Waals surface area (Å²) in [6.45, 7) is 1.14. The van der Waals surface area contributed by atoms with Crippen molar-refractivity contribution in [2.45, 2.75) is 125 Å². The van der Waals surface area contributed by atoms with Crippen LogP contribution in [0.5, 0.6) is 0 Å². The van der Waals surface area contributed by atoms with E-state index in [1.165, 1.54) is 24.3 Å². The number of thioether (sulfide) groups is 1. The maximum Gasteiger partial charge on any atom is 0.315 e. The number of primary amides is 1. The van der Waals surface area contributed by atoms with E-state index in [2.05, 4.69) is 62.8 Å². The monoisotopic (exact) mass is 1220 g/mol. The Kier molecular flexibility index (Phi) is 22.7. The number of para-hydroxylation sites is 2. The second kappa shape index (κ2) is 31.3. The molecule has 6 aromatic rings. The van der Waals surface area contributed by atoms with Crippen molar-refractivity contribution in [2.75, 3.05) is 51.9 Å². The van der Waals surface area contributed by atoms with E-state index in [1.54, 1.807) is 23.3 Å². The molecular formula is C60H75FN14O11S. The lowest BCUT2D eigenvalue weighted by atomic mass is 10.00. The van der Waals surface area contributed by atoms with Crippen LogP contribution >= 0.6 is 11.8 Å². The molecule has 87 heavy (non-hydrogen) atoms. The molecule has 464 valence electrons. The molecule has 12 N–H and O–H groups in total. The number of halogens is 1. The van der Waals surface area contributed by atoms with Crippen molar-refractivity contribution in [3.63, 3.8) is 0 Å². The summed E-state index contributed by atoms with van der Waals surface area (Å²) in [5.74, 6) is -4.19. The van der Waals surface area contributed by atoms with Crippen molar-refractivity contribution in [1.29, 1.82) is 0 Å². The number of carbonyl (C=O) groups is 8. The second-order valence-corrected chi connectivity index (χ2v) is 23.2. The number of nitrogens with zero attached hydrogens (tertiary/aromatic N) is 3. The Bertz CT molecular complexity index is 3340. The maximum atomic E-state index is 15.1. The van der Waals surface area contributed by atoms with E-state index in [-0.39, 0.29) is 82.6 Å². The average molecular weight is 1220 g/mol. The van der Waals surface area contributed by atoms with E-state index in [1.807, 2.05) is 60.3 Å². The standard InChI is InChI=1S/C60H75FN14O11S/c61-39-18-16-36(17-19-39)27-46-56(79)67-45(55(62)78)13-7-8-21-75-33-40(73-74-75)30-49(66-53(77)34-86-26-25-85-24-23-84-22-20-63-52(76)15-6-5-14-51-54-50(35-87-51)71-60(83)72-54)59(82)70-48(29-38-32-65-44-12-4-2-10-42(38)44)58(81)69-47(57(80)68-46)28-37-31-64-43-11-3-1-9-41(37)43/h1-4,9-12,16-19,31-33,45-51,54,64-65H,5-8,13-15,20-30,34-35H2,(H2,62,78)(H,63,76)(H,66,77)(H,67,79)(H,68,80)(H,69,81)(H,70,82)(H2,71,72,83)/t45-,46-,47+,48+,49-,50-,51-,54?/m0/s1. The number of carbonyl (C=O) groups excluding carboxylic acids is 8. The first-order valence-corrected chi connectivity index (χ1v) is 30.5. The van der Waals surface area contributed by atoms with Crippen LogP contribution in [-0.4, -0.2) is 172 Å². The Morgan fingerprint density at radius 3 is 1.99 bits per heavy atom. The lowest BCUT2D eigenvalue weighted by Gasteiger charge is -2.27. The van der Waals surface area contributed by atoms with E-state index in [4.69, 9.17) is 19.9 Å². The fraction of sp³-hybridized carbons (Fsp3) is 0.467. The van der Waals surface area contributed by atoms with Crippen LogP contribution in [-0.2, 0) is 80.0 Å². The summed E-state index contributed by atoms with van der Waals surface area (Å²) in [5, 5.41) is 33.2. The predicted molar refractivity (Wildman–Crippen MR) is 320 cm³/mol. The summed E-state index contributed by atoms with van der Waals surface area (Å²) in [7, 11) is 0. The van der Waals surface area contributed by atoms with Crippen LogP contribution in [0.2, 0.25) is 0 Å². The molecular weight excluding hydrogens is 1140 g/mol. The van der Waals surface area contributed by atoms with E-state index in [9.17, 15) is 38.0 Å². The van der Waals surface area contributed by atoms with Gasteiger partial charge in [-0.2, -0.15) is 11.8 Å². The molecule has 27 heteroatoms. The molecule has 25 nitrogen and oxygen atoms in total. The summed E-state index contributed by atoms with van der Waals surface area (Å²) in [6, 6.07) is 13.8. The molecule has 3 aliphatic heterocycles. The average Bonchev–Trinajstić information content (AvgIpc) is 2.51. The molecule has 0 saturated carbocycles. The summed E-state index contributed by atoms with van der Waals surface area (Å²) < 4.78 is 32.5. The SMILES string of the molecule is NC(=O)[C@@H]1CCCCn2cc(nn2)C[C@H](NC(=O)COCCOCCOCCNC(=O)CCCC[C@@H]2SC[C@@H]3NC(=O)NC32)C(=O)N[C@H](Cc2c[nH]c3ccccc23)C(=O)N[C@H](Cc2c[nH]c3ccccc23)C(=O)N[C@@H](Cc2ccc(F)cc2)C(=O)N1. The minimum absolute atomic E-state index is 0.0262. The number of aromatic nitrogens is 5. The molecule has 1 unspecified atom stereocenters. The first kappa shape index (κ1) is 63.1. The van der Waals surface area contributed by atoms with Gasteiger partial charge in [-0.25, -0.2) is 9.18 Å². The second-order valence-electron chi connectivity index (χ2n) is 21.9. The number of H-pyrrole nitrogens is 2. The number of ether oxygens (including phenoxy) is 3. The first-order valence-electron chi connectivity index (χ1n) is 29.4. The van der Waals surface area contributed by atoms with Crippen molar-refractivity contribution in [2.24, 2.45) is 5.73 Å². The van der Waals surface area contributed by atoms with Crippen LogP contribution in [0, 0.1) is 5.82 Å². The molecule has 3 aromatic heterocycles. The highest BCUT2D eigenvalue weighted by molar-refractivity contribution is 8.00. The van der Waals surface area contributed by atoms with Crippen LogP contribution in [0.15, 0.2) is 91.4 Å².